The summed E-state index contributed by atoms with van der Waals surface area (Å²) in [6, 6.07) is 7.66. The maximum absolute atomic E-state index is 13.6. The number of nitrogens with zero attached hydrogens (tertiary/aromatic N) is 5. The van der Waals surface area contributed by atoms with Gasteiger partial charge in [-0.1, -0.05) is 12.1 Å². The van der Waals surface area contributed by atoms with Crippen LogP contribution in [0.3, 0.4) is 0 Å². The molecule has 38 heavy (non-hydrogen) atoms. The van der Waals surface area contributed by atoms with Crippen molar-refractivity contribution in [1.29, 1.82) is 0 Å². The largest absolute Gasteiger partial charge is 0.434 e. The van der Waals surface area contributed by atoms with E-state index in [0.29, 0.717) is 18.0 Å². The Hall–Kier alpha value is -4.51. The molecule has 6 nitrogen and oxygen atoms in total. The van der Waals surface area contributed by atoms with Crippen LogP contribution in [0.25, 0.3) is 27.4 Å². The fraction of sp³-hybridized carbons (Fsp3) is 0.125. The lowest BCUT2D eigenvalue weighted by molar-refractivity contribution is -0.142. The highest BCUT2D eigenvalue weighted by Gasteiger charge is 2.33. The predicted molar refractivity (Wildman–Crippen MR) is 119 cm³/mol. The Labute approximate surface area is 209 Å². The zero-order chi connectivity index (χ0) is 28.1. The van der Waals surface area contributed by atoms with E-state index in [4.69, 9.17) is 12.3 Å². The Balaban J connectivity index is 0.000000211. The van der Waals surface area contributed by atoms with Gasteiger partial charge in [-0.05, 0) is 29.8 Å². The van der Waals surface area contributed by atoms with Crippen molar-refractivity contribution in [3.63, 3.8) is 0 Å². The van der Waals surface area contributed by atoms with Crippen molar-refractivity contribution in [2.75, 3.05) is 0 Å². The molecule has 0 bridgehead atoms. The Morgan fingerprint density at radius 3 is 1.55 bits per heavy atom. The van der Waals surface area contributed by atoms with Crippen LogP contribution in [-0.4, -0.2) is 19.9 Å². The van der Waals surface area contributed by atoms with Crippen LogP contribution in [0.1, 0.15) is 17.0 Å². The quantitative estimate of drug-likeness (QED) is 0.235. The zero-order valence-electron chi connectivity index (χ0n) is 18.8. The number of nitrogens with two attached hydrogens (primary N) is 1. The standard InChI is InChI=1S/C12H5F4N3.C12H9F4N3/c1-17-7-2-3-9(13)8(4-7)10-5-19-11(6-18-10)12(14,15)16;13-9-2-1-7(4-17)3-8(9)10-5-19-11(6-18-10)12(14,15)16/h2-6H;1-3,5-6H,4,17H2. The van der Waals surface area contributed by atoms with Crippen molar-refractivity contribution in [2.24, 2.45) is 5.73 Å². The average Bonchev–Trinajstić information content (AvgIpc) is 2.89. The number of rotatable bonds is 3. The molecule has 0 aliphatic heterocycles. The molecule has 0 atom stereocenters. The van der Waals surface area contributed by atoms with E-state index in [1.165, 1.54) is 30.3 Å². The summed E-state index contributed by atoms with van der Waals surface area (Å²) in [5, 5.41) is 0. The van der Waals surface area contributed by atoms with E-state index >= 15 is 0 Å². The van der Waals surface area contributed by atoms with Crippen molar-refractivity contribution in [3.8, 4) is 22.5 Å². The fourth-order valence-corrected chi connectivity index (χ4v) is 2.90. The molecule has 0 radical (unpaired) electrons. The molecule has 0 fully saturated rings. The lowest BCUT2D eigenvalue weighted by atomic mass is 10.1. The third kappa shape index (κ3) is 6.83. The molecule has 0 aliphatic carbocycles. The van der Waals surface area contributed by atoms with E-state index in [2.05, 4.69) is 24.8 Å². The van der Waals surface area contributed by atoms with E-state index in [-0.39, 0.29) is 34.7 Å². The molecule has 4 rings (SSSR count). The van der Waals surface area contributed by atoms with Crippen LogP contribution in [0.4, 0.5) is 40.8 Å². The van der Waals surface area contributed by atoms with Crippen LogP contribution in [0, 0.1) is 18.2 Å². The molecular formula is C24H14F8N6. The van der Waals surface area contributed by atoms with Crippen LogP contribution < -0.4 is 5.73 Å². The Morgan fingerprint density at radius 2 is 1.16 bits per heavy atom. The Kier molecular flexibility index (Phi) is 8.32. The first-order valence-corrected chi connectivity index (χ1v) is 10.3. The van der Waals surface area contributed by atoms with Crippen molar-refractivity contribution < 1.29 is 35.1 Å². The molecule has 4 aromatic rings. The normalized spacial score (nSPS) is 11.4. The van der Waals surface area contributed by atoms with Crippen LogP contribution in [-0.2, 0) is 18.9 Å². The lowest BCUT2D eigenvalue weighted by Gasteiger charge is -2.07. The van der Waals surface area contributed by atoms with Gasteiger partial charge >= 0.3 is 12.4 Å². The lowest BCUT2D eigenvalue weighted by Crippen LogP contribution is -2.08. The van der Waals surface area contributed by atoms with Gasteiger partial charge in [0.05, 0.1) is 42.7 Å². The number of benzene rings is 2. The summed E-state index contributed by atoms with van der Waals surface area (Å²) in [6.45, 7) is 7.00. The van der Waals surface area contributed by atoms with Gasteiger partial charge in [0.25, 0.3) is 0 Å². The monoisotopic (exact) mass is 538 g/mol. The maximum Gasteiger partial charge on any atom is 0.434 e. The van der Waals surface area contributed by atoms with Crippen LogP contribution in [0.5, 0.6) is 0 Å². The van der Waals surface area contributed by atoms with Gasteiger partial charge in [-0.25, -0.2) is 23.6 Å². The van der Waals surface area contributed by atoms with Crippen LogP contribution in [0.15, 0.2) is 61.2 Å². The minimum atomic E-state index is -4.59. The topological polar surface area (TPSA) is 81.9 Å². The number of aromatic nitrogens is 4. The number of hydrogen-bond acceptors (Lipinski definition) is 5. The fourth-order valence-electron chi connectivity index (χ4n) is 2.90. The summed E-state index contributed by atoms with van der Waals surface area (Å²) in [5.41, 5.74) is 3.95. The van der Waals surface area contributed by atoms with E-state index in [0.717, 1.165) is 18.5 Å². The average molecular weight is 538 g/mol. The molecule has 14 heteroatoms. The summed E-state index contributed by atoms with van der Waals surface area (Å²) >= 11 is 0. The van der Waals surface area contributed by atoms with Gasteiger partial charge in [-0.2, -0.15) is 26.3 Å². The zero-order valence-corrected chi connectivity index (χ0v) is 18.8. The molecule has 196 valence electrons. The van der Waals surface area contributed by atoms with E-state index in [9.17, 15) is 35.1 Å². The van der Waals surface area contributed by atoms with E-state index < -0.39 is 35.4 Å². The maximum atomic E-state index is 13.6. The molecule has 0 aliphatic rings. The molecule has 0 amide bonds. The third-order valence-corrected chi connectivity index (χ3v) is 4.78. The van der Waals surface area contributed by atoms with Gasteiger partial charge in [-0.15, -0.1) is 0 Å². The van der Waals surface area contributed by atoms with Gasteiger partial charge in [0, 0.05) is 17.7 Å². The van der Waals surface area contributed by atoms with Crippen molar-refractivity contribution >= 4 is 5.69 Å². The SMILES string of the molecule is NCc1ccc(F)c(-c2cnc(C(F)(F)F)cn2)c1.[C-]#[N+]c1ccc(F)c(-c2cnc(C(F)(F)F)cn2)c1. The molecule has 2 N–H and O–H groups in total. The smallest absolute Gasteiger partial charge is 0.326 e. The first-order chi connectivity index (χ1) is 17.8. The molecule has 0 unspecified atom stereocenters. The van der Waals surface area contributed by atoms with E-state index in [1.54, 1.807) is 0 Å². The van der Waals surface area contributed by atoms with Crippen LogP contribution >= 0.6 is 0 Å². The highest BCUT2D eigenvalue weighted by molar-refractivity contribution is 5.65. The molecular weight excluding hydrogens is 524 g/mol. The third-order valence-electron chi connectivity index (χ3n) is 4.78. The summed E-state index contributed by atoms with van der Waals surface area (Å²) in [4.78, 5) is 16.7. The van der Waals surface area contributed by atoms with Gasteiger partial charge in [0.1, 0.15) is 11.6 Å². The first kappa shape index (κ1) is 28.1. The van der Waals surface area contributed by atoms with Crippen LogP contribution in [0.2, 0.25) is 0 Å². The first-order valence-electron chi connectivity index (χ1n) is 10.3. The highest BCUT2D eigenvalue weighted by Crippen LogP contribution is 2.30. The van der Waals surface area contributed by atoms with Gasteiger partial charge in [0.2, 0.25) is 0 Å². The summed E-state index contributed by atoms with van der Waals surface area (Å²) < 4.78 is 101. The summed E-state index contributed by atoms with van der Waals surface area (Å²) in [5.74, 6) is -1.27. The number of alkyl halides is 6. The summed E-state index contributed by atoms with van der Waals surface area (Å²) in [7, 11) is 0. The van der Waals surface area contributed by atoms with Crippen molar-refractivity contribution in [1.82, 2.24) is 19.9 Å². The van der Waals surface area contributed by atoms with Crippen molar-refractivity contribution in [3.05, 3.63) is 101 Å². The number of hydrogen-bond donors (Lipinski definition) is 1. The molecule has 2 heterocycles. The molecule has 2 aromatic heterocycles. The molecule has 0 saturated heterocycles. The van der Waals surface area contributed by atoms with Crippen molar-refractivity contribution in [2.45, 2.75) is 18.9 Å². The number of halogens is 8. The molecule has 2 aromatic carbocycles. The second-order valence-electron chi connectivity index (χ2n) is 7.36. The minimum Gasteiger partial charge on any atom is -0.326 e. The minimum absolute atomic E-state index is 0.0285. The van der Waals surface area contributed by atoms with Gasteiger partial charge in [0.15, 0.2) is 17.1 Å². The molecule has 0 saturated carbocycles. The molecule has 0 spiro atoms. The van der Waals surface area contributed by atoms with E-state index in [1.807, 2.05) is 0 Å². The van der Waals surface area contributed by atoms with Gasteiger partial charge in [-0.3, -0.25) is 9.97 Å². The summed E-state index contributed by atoms with van der Waals surface area (Å²) in [6.07, 6.45) is -6.34. The Bertz CT molecular complexity index is 1440. The predicted octanol–water partition coefficient (Wildman–Crippen LogP) is 6.61. The second-order valence-corrected chi connectivity index (χ2v) is 7.36. The Morgan fingerprint density at radius 1 is 0.684 bits per heavy atom. The highest BCUT2D eigenvalue weighted by atomic mass is 19.4. The van der Waals surface area contributed by atoms with Gasteiger partial charge < -0.3 is 5.73 Å². The second kappa shape index (κ2) is 11.3.